The van der Waals surface area contributed by atoms with E-state index in [1.165, 1.54) is 0 Å². The van der Waals surface area contributed by atoms with Gasteiger partial charge in [0.05, 0.1) is 10.6 Å². The highest BCUT2D eigenvalue weighted by Crippen LogP contribution is 2.18. The Morgan fingerprint density at radius 3 is 2.65 bits per heavy atom. The van der Waals surface area contributed by atoms with Gasteiger partial charge in [-0.1, -0.05) is 6.92 Å². The maximum Gasteiger partial charge on any atom is 0.178 e. The van der Waals surface area contributed by atoms with Crippen LogP contribution < -0.4 is 5.32 Å². The molecule has 1 N–H and O–H groups in total. The Morgan fingerprint density at radius 2 is 2.05 bits per heavy atom. The number of nitrogens with one attached hydrogen (secondary N) is 1. The van der Waals surface area contributed by atoms with Crippen LogP contribution in [0.1, 0.15) is 26.2 Å². The molecule has 1 unspecified atom stereocenters. The van der Waals surface area contributed by atoms with Gasteiger partial charge >= 0.3 is 0 Å². The SMILES string of the molecule is CCCS(=O)(=O)c1ccc(NCCC2CCOC2)cc1. The van der Waals surface area contributed by atoms with Crippen molar-refractivity contribution in [3.05, 3.63) is 24.3 Å². The molecule has 1 aliphatic heterocycles. The van der Waals surface area contributed by atoms with E-state index in [-0.39, 0.29) is 5.75 Å². The van der Waals surface area contributed by atoms with Crippen molar-refractivity contribution in [3.8, 4) is 0 Å². The Labute approximate surface area is 121 Å². The van der Waals surface area contributed by atoms with Crippen LogP contribution in [0.15, 0.2) is 29.2 Å². The second kappa shape index (κ2) is 7.09. The average Bonchev–Trinajstić information content (AvgIpc) is 2.92. The van der Waals surface area contributed by atoms with Crippen molar-refractivity contribution >= 4 is 15.5 Å². The smallest absolute Gasteiger partial charge is 0.178 e. The van der Waals surface area contributed by atoms with Crippen molar-refractivity contribution in [2.45, 2.75) is 31.1 Å². The molecule has 1 atom stereocenters. The van der Waals surface area contributed by atoms with Crippen LogP contribution in [0.5, 0.6) is 0 Å². The first-order valence-electron chi connectivity index (χ1n) is 7.26. The number of ether oxygens (including phenoxy) is 1. The third-order valence-electron chi connectivity index (χ3n) is 3.59. The van der Waals surface area contributed by atoms with Crippen LogP contribution in [0.25, 0.3) is 0 Å². The molecule has 5 heteroatoms. The molecule has 0 bridgehead atoms. The minimum absolute atomic E-state index is 0.210. The molecule has 0 spiro atoms. The molecule has 112 valence electrons. The van der Waals surface area contributed by atoms with E-state index in [0.29, 0.717) is 17.2 Å². The van der Waals surface area contributed by atoms with E-state index in [4.69, 9.17) is 4.74 Å². The quantitative estimate of drug-likeness (QED) is 0.841. The lowest BCUT2D eigenvalue weighted by atomic mass is 10.1. The maximum absolute atomic E-state index is 11.9. The van der Waals surface area contributed by atoms with E-state index in [1.807, 2.05) is 19.1 Å². The van der Waals surface area contributed by atoms with Crippen molar-refractivity contribution in [1.82, 2.24) is 0 Å². The van der Waals surface area contributed by atoms with Gasteiger partial charge < -0.3 is 10.1 Å². The number of anilines is 1. The summed E-state index contributed by atoms with van der Waals surface area (Å²) in [5, 5.41) is 3.33. The Balaban J connectivity index is 1.85. The molecule has 1 fully saturated rings. The van der Waals surface area contributed by atoms with Crippen molar-refractivity contribution in [3.63, 3.8) is 0 Å². The molecule has 0 aromatic heterocycles. The first-order valence-corrected chi connectivity index (χ1v) is 8.91. The summed E-state index contributed by atoms with van der Waals surface area (Å²) < 4.78 is 29.1. The number of hydrogen-bond acceptors (Lipinski definition) is 4. The number of rotatable bonds is 7. The monoisotopic (exact) mass is 297 g/mol. The van der Waals surface area contributed by atoms with Gasteiger partial charge in [0, 0.05) is 25.4 Å². The predicted octanol–water partition coefficient (Wildman–Crippen LogP) is 2.71. The van der Waals surface area contributed by atoms with Crippen LogP contribution >= 0.6 is 0 Å². The molecule has 0 aliphatic carbocycles. The summed E-state index contributed by atoms with van der Waals surface area (Å²) in [6.45, 7) is 4.53. The normalized spacial score (nSPS) is 19.1. The largest absolute Gasteiger partial charge is 0.385 e. The van der Waals surface area contributed by atoms with Gasteiger partial charge in [-0.05, 0) is 49.4 Å². The zero-order chi connectivity index (χ0) is 14.4. The zero-order valence-corrected chi connectivity index (χ0v) is 12.8. The predicted molar refractivity (Wildman–Crippen MR) is 80.8 cm³/mol. The molecule has 20 heavy (non-hydrogen) atoms. The minimum atomic E-state index is -3.10. The maximum atomic E-state index is 11.9. The second-order valence-corrected chi connectivity index (χ2v) is 7.40. The van der Waals surface area contributed by atoms with Gasteiger partial charge in [0.2, 0.25) is 0 Å². The summed E-state index contributed by atoms with van der Waals surface area (Å²) in [4.78, 5) is 0.411. The molecule has 0 radical (unpaired) electrons. The fourth-order valence-electron chi connectivity index (χ4n) is 2.40. The summed E-state index contributed by atoms with van der Waals surface area (Å²) in [6, 6.07) is 7.05. The highest BCUT2D eigenvalue weighted by atomic mass is 32.2. The summed E-state index contributed by atoms with van der Waals surface area (Å²) in [5.74, 6) is 0.869. The molecule has 1 aromatic carbocycles. The van der Waals surface area contributed by atoms with E-state index in [1.54, 1.807) is 12.1 Å². The number of hydrogen-bond donors (Lipinski definition) is 1. The van der Waals surface area contributed by atoms with Crippen molar-refractivity contribution < 1.29 is 13.2 Å². The van der Waals surface area contributed by atoms with Gasteiger partial charge in [-0.3, -0.25) is 0 Å². The lowest BCUT2D eigenvalue weighted by molar-refractivity contribution is 0.185. The molecule has 1 saturated heterocycles. The van der Waals surface area contributed by atoms with Gasteiger partial charge in [0.1, 0.15) is 0 Å². The molecule has 4 nitrogen and oxygen atoms in total. The third kappa shape index (κ3) is 4.21. The van der Waals surface area contributed by atoms with E-state index in [0.717, 1.165) is 38.3 Å². The van der Waals surface area contributed by atoms with Crippen LogP contribution in [0.3, 0.4) is 0 Å². The zero-order valence-electron chi connectivity index (χ0n) is 12.0. The Kier molecular flexibility index (Phi) is 5.43. The standard InChI is InChI=1S/C15H23NO3S/c1-2-11-20(17,18)15-5-3-14(4-6-15)16-9-7-13-8-10-19-12-13/h3-6,13,16H,2,7-12H2,1H3. The van der Waals surface area contributed by atoms with Gasteiger partial charge in [0.25, 0.3) is 0 Å². The molecule has 2 rings (SSSR count). The molecule has 1 aliphatic rings. The van der Waals surface area contributed by atoms with Gasteiger partial charge in [-0.25, -0.2) is 8.42 Å². The molecule has 0 amide bonds. The highest BCUT2D eigenvalue weighted by Gasteiger charge is 2.15. The molecular weight excluding hydrogens is 274 g/mol. The molecule has 0 saturated carbocycles. The molecule has 1 aromatic rings. The summed E-state index contributed by atoms with van der Waals surface area (Å²) in [7, 11) is -3.10. The van der Waals surface area contributed by atoms with E-state index >= 15 is 0 Å². The van der Waals surface area contributed by atoms with Gasteiger partial charge in [0.15, 0.2) is 9.84 Å². The summed E-state index contributed by atoms with van der Waals surface area (Å²) in [6.07, 6.45) is 2.89. The molecular formula is C15H23NO3S. The van der Waals surface area contributed by atoms with Crippen molar-refractivity contribution in [1.29, 1.82) is 0 Å². The van der Waals surface area contributed by atoms with Crippen molar-refractivity contribution in [2.75, 3.05) is 30.8 Å². The van der Waals surface area contributed by atoms with E-state index < -0.39 is 9.84 Å². The Hall–Kier alpha value is -1.07. The lowest BCUT2D eigenvalue weighted by Crippen LogP contribution is -2.09. The average molecular weight is 297 g/mol. The van der Waals surface area contributed by atoms with Crippen LogP contribution in [0, 0.1) is 5.92 Å². The fourth-order valence-corrected chi connectivity index (χ4v) is 3.72. The van der Waals surface area contributed by atoms with Crippen molar-refractivity contribution in [2.24, 2.45) is 5.92 Å². The number of sulfone groups is 1. The van der Waals surface area contributed by atoms with Gasteiger partial charge in [-0.2, -0.15) is 0 Å². The first kappa shape index (κ1) is 15.3. The van der Waals surface area contributed by atoms with Crippen LogP contribution in [0.2, 0.25) is 0 Å². The first-order chi connectivity index (χ1) is 9.62. The Morgan fingerprint density at radius 1 is 1.30 bits per heavy atom. The fraction of sp³-hybridized carbons (Fsp3) is 0.600. The number of benzene rings is 1. The van der Waals surface area contributed by atoms with Crippen LogP contribution in [0.4, 0.5) is 5.69 Å². The highest BCUT2D eigenvalue weighted by molar-refractivity contribution is 7.91. The van der Waals surface area contributed by atoms with Crippen LogP contribution in [-0.2, 0) is 14.6 Å². The third-order valence-corrected chi connectivity index (χ3v) is 5.53. The summed E-state index contributed by atoms with van der Waals surface area (Å²) in [5.41, 5.74) is 0.972. The second-order valence-electron chi connectivity index (χ2n) is 5.29. The minimum Gasteiger partial charge on any atom is -0.385 e. The van der Waals surface area contributed by atoms with Gasteiger partial charge in [-0.15, -0.1) is 0 Å². The lowest BCUT2D eigenvalue weighted by Gasteiger charge is -2.10. The van der Waals surface area contributed by atoms with Crippen LogP contribution in [-0.4, -0.2) is 33.9 Å². The topological polar surface area (TPSA) is 55.4 Å². The van der Waals surface area contributed by atoms with E-state index in [9.17, 15) is 8.42 Å². The summed E-state index contributed by atoms with van der Waals surface area (Å²) >= 11 is 0. The van der Waals surface area contributed by atoms with E-state index in [2.05, 4.69) is 5.32 Å². The molecule has 1 heterocycles. The Bertz CT molecular complexity index is 504.